The van der Waals surface area contributed by atoms with E-state index in [4.69, 9.17) is 17.3 Å². The van der Waals surface area contributed by atoms with E-state index in [1.165, 1.54) is 11.1 Å². The molecule has 1 aliphatic rings. The van der Waals surface area contributed by atoms with Crippen molar-refractivity contribution in [3.63, 3.8) is 0 Å². The second-order valence-corrected chi connectivity index (χ2v) is 4.12. The lowest BCUT2D eigenvalue weighted by molar-refractivity contribution is 0.268. The van der Waals surface area contributed by atoms with Crippen molar-refractivity contribution in [2.24, 2.45) is 0 Å². The summed E-state index contributed by atoms with van der Waals surface area (Å²) in [6.45, 7) is 5.38. The minimum absolute atomic E-state index is 0.689. The van der Waals surface area contributed by atoms with Gasteiger partial charge >= 0.3 is 0 Å². The van der Waals surface area contributed by atoms with E-state index >= 15 is 0 Å². The van der Waals surface area contributed by atoms with Crippen LogP contribution < -0.4 is 5.73 Å². The summed E-state index contributed by atoms with van der Waals surface area (Å²) in [7, 11) is 0. The average Bonchev–Trinajstić information content (AvgIpc) is 2.23. The number of halogens is 1. The van der Waals surface area contributed by atoms with Crippen molar-refractivity contribution < 1.29 is 0 Å². The van der Waals surface area contributed by atoms with E-state index in [2.05, 4.69) is 17.9 Å². The minimum Gasteiger partial charge on any atom is -0.397 e. The molecular formula is C11H15ClN2. The van der Waals surface area contributed by atoms with Gasteiger partial charge in [0.15, 0.2) is 0 Å². The number of hydrogen-bond donors (Lipinski definition) is 1. The highest BCUT2D eigenvalue weighted by Gasteiger charge is 2.17. The van der Waals surface area contributed by atoms with Crippen LogP contribution in [0, 0.1) is 0 Å². The van der Waals surface area contributed by atoms with Crippen LogP contribution in [-0.4, -0.2) is 18.0 Å². The zero-order valence-electron chi connectivity index (χ0n) is 8.39. The monoisotopic (exact) mass is 210 g/mol. The molecular weight excluding hydrogens is 196 g/mol. The highest BCUT2D eigenvalue weighted by Crippen LogP contribution is 2.29. The first-order chi connectivity index (χ1) is 6.72. The number of rotatable bonds is 1. The molecule has 0 fully saturated rings. The fourth-order valence-corrected chi connectivity index (χ4v) is 2.16. The third kappa shape index (κ3) is 1.60. The van der Waals surface area contributed by atoms with E-state index in [9.17, 15) is 0 Å². The number of benzene rings is 1. The van der Waals surface area contributed by atoms with Gasteiger partial charge in [0, 0.05) is 13.1 Å². The van der Waals surface area contributed by atoms with Crippen LogP contribution >= 0.6 is 11.6 Å². The van der Waals surface area contributed by atoms with Crippen LogP contribution in [0.4, 0.5) is 5.69 Å². The fraction of sp³-hybridized carbons (Fsp3) is 0.455. The molecule has 2 N–H and O–H groups in total. The third-order valence-electron chi connectivity index (χ3n) is 2.92. The maximum atomic E-state index is 5.98. The Morgan fingerprint density at radius 3 is 3.00 bits per heavy atom. The van der Waals surface area contributed by atoms with Crippen molar-refractivity contribution in [2.45, 2.75) is 19.9 Å². The van der Waals surface area contributed by atoms with Gasteiger partial charge in [-0.15, -0.1) is 0 Å². The SMILES string of the molecule is CCN1CCc2c(ccc(Cl)c2N)C1. The van der Waals surface area contributed by atoms with Gasteiger partial charge in [-0.25, -0.2) is 0 Å². The predicted octanol–water partition coefficient (Wildman–Crippen LogP) is 2.30. The molecule has 3 heteroatoms. The van der Waals surface area contributed by atoms with Crippen molar-refractivity contribution in [3.05, 3.63) is 28.3 Å². The van der Waals surface area contributed by atoms with Crippen LogP contribution in [0.1, 0.15) is 18.1 Å². The van der Waals surface area contributed by atoms with Crippen LogP contribution in [0.3, 0.4) is 0 Å². The Balaban J connectivity index is 2.36. The van der Waals surface area contributed by atoms with Gasteiger partial charge in [-0.1, -0.05) is 24.6 Å². The molecule has 0 saturated heterocycles. The Labute approximate surface area is 89.7 Å². The van der Waals surface area contributed by atoms with Crippen molar-refractivity contribution >= 4 is 17.3 Å². The third-order valence-corrected chi connectivity index (χ3v) is 3.25. The Morgan fingerprint density at radius 2 is 2.29 bits per heavy atom. The first kappa shape index (κ1) is 9.81. The molecule has 0 aromatic heterocycles. The summed E-state index contributed by atoms with van der Waals surface area (Å²) in [5.74, 6) is 0. The van der Waals surface area contributed by atoms with Crippen molar-refractivity contribution in [2.75, 3.05) is 18.8 Å². The predicted molar refractivity (Wildman–Crippen MR) is 60.5 cm³/mol. The molecule has 1 heterocycles. The number of fused-ring (bicyclic) bond motifs is 1. The summed E-state index contributed by atoms with van der Waals surface area (Å²) in [4.78, 5) is 2.41. The quantitative estimate of drug-likeness (QED) is 0.721. The molecule has 2 nitrogen and oxygen atoms in total. The summed E-state index contributed by atoms with van der Waals surface area (Å²) in [6.07, 6.45) is 1.02. The van der Waals surface area contributed by atoms with E-state index in [0.717, 1.165) is 31.7 Å². The summed E-state index contributed by atoms with van der Waals surface area (Å²) >= 11 is 5.98. The molecule has 0 spiro atoms. The molecule has 1 aromatic rings. The second kappa shape index (κ2) is 3.79. The van der Waals surface area contributed by atoms with Crippen LogP contribution in [0.5, 0.6) is 0 Å². The lowest BCUT2D eigenvalue weighted by atomic mass is 9.98. The van der Waals surface area contributed by atoms with E-state index in [1.807, 2.05) is 6.07 Å². The van der Waals surface area contributed by atoms with Crippen molar-refractivity contribution in [1.29, 1.82) is 0 Å². The largest absolute Gasteiger partial charge is 0.397 e. The van der Waals surface area contributed by atoms with Crippen molar-refractivity contribution in [3.8, 4) is 0 Å². The molecule has 1 aliphatic heterocycles. The molecule has 0 bridgehead atoms. The Kier molecular flexibility index (Phi) is 2.66. The Morgan fingerprint density at radius 1 is 1.50 bits per heavy atom. The number of hydrogen-bond acceptors (Lipinski definition) is 2. The fourth-order valence-electron chi connectivity index (χ4n) is 1.98. The zero-order valence-corrected chi connectivity index (χ0v) is 9.14. The summed E-state index contributed by atoms with van der Waals surface area (Å²) in [6, 6.07) is 3.99. The standard InChI is InChI=1S/C11H15ClN2/c1-2-14-6-5-9-8(7-14)3-4-10(12)11(9)13/h3-4H,2,5-7,13H2,1H3. The lowest BCUT2D eigenvalue weighted by Gasteiger charge is -2.28. The molecule has 0 saturated carbocycles. The smallest absolute Gasteiger partial charge is 0.0638 e. The van der Waals surface area contributed by atoms with Gasteiger partial charge in [0.25, 0.3) is 0 Å². The summed E-state index contributed by atoms with van der Waals surface area (Å²) in [5.41, 5.74) is 9.30. The molecule has 0 aliphatic carbocycles. The van der Waals surface area contributed by atoms with Crippen LogP contribution in [0.2, 0.25) is 5.02 Å². The lowest BCUT2D eigenvalue weighted by Crippen LogP contribution is -2.30. The first-order valence-electron chi connectivity index (χ1n) is 5.00. The van der Waals surface area contributed by atoms with Gasteiger partial charge in [-0.05, 0) is 30.2 Å². The summed E-state index contributed by atoms with van der Waals surface area (Å²) in [5, 5.41) is 0.689. The van der Waals surface area contributed by atoms with Gasteiger partial charge < -0.3 is 5.73 Å². The number of nitrogens with two attached hydrogens (primary N) is 1. The molecule has 0 amide bonds. The van der Waals surface area contributed by atoms with Gasteiger partial charge in [0.1, 0.15) is 0 Å². The van der Waals surface area contributed by atoms with Gasteiger partial charge in [-0.2, -0.15) is 0 Å². The van der Waals surface area contributed by atoms with Gasteiger partial charge in [-0.3, -0.25) is 4.90 Å². The van der Waals surface area contributed by atoms with E-state index in [-0.39, 0.29) is 0 Å². The molecule has 0 radical (unpaired) electrons. The van der Waals surface area contributed by atoms with Crippen molar-refractivity contribution in [1.82, 2.24) is 4.90 Å². The van der Waals surface area contributed by atoms with Crippen LogP contribution in [0.25, 0.3) is 0 Å². The highest BCUT2D eigenvalue weighted by atomic mass is 35.5. The first-order valence-corrected chi connectivity index (χ1v) is 5.38. The molecule has 0 atom stereocenters. The zero-order chi connectivity index (χ0) is 10.1. The minimum atomic E-state index is 0.689. The maximum Gasteiger partial charge on any atom is 0.0638 e. The van der Waals surface area contributed by atoms with E-state index in [0.29, 0.717) is 5.02 Å². The molecule has 2 rings (SSSR count). The molecule has 14 heavy (non-hydrogen) atoms. The van der Waals surface area contributed by atoms with E-state index in [1.54, 1.807) is 0 Å². The second-order valence-electron chi connectivity index (χ2n) is 3.72. The molecule has 0 unspecified atom stereocenters. The van der Waals surface area contributed by atoms with E-state index < -0.39 is 0 Å². The number of anilines is 1. The number of likely N-dealkylation sites (N-methyl/N-ethyl adjacent to an activating group) is 1. The van der Waals surface area contributed by atoms with Gasteiger partial charge in [0.05, 0.1) is 10.7 Å². The maximum absolute atomic E-state index is 5.98. The number of nitrogen functional groups attached to an aromatic ring is 1. The molecule has 1 aromatic carbocycles. The average molecular weight is 211 g/mol. The van der Waals surface area contributed by atoms with Crippen LogP contribution in [-0.2, 0) is 13.0 Å². The topological polar surface area (TPSA) is 29.3 Å². The van der Waals surface area contributed by atoms with Crippen LogP contribution in [0.15, 0.2) is 12.1 Å². The highest BCUT2D eigenvalue weighted by molar-refractivity contribution is 6.33. The number of nitrogens with zero attached hydrogens (tertiary/aromatic N) is 1. The Bertz CT molecular complexity index is 349. The normalized spacial score (nSPS) is 16.7. The summed E-state index contributed by atoms with van der Waals surface area (Å²) < 4.78 is 0. The molecule has 76 valence electrons. The Hall–Kier alpha value is -0.730. The van der Waals surface area contributed by atoms with Gasteiger partial charge in [0.2, 0.25) is 0 Å².